The summed E-state index contributed by atoms with van der Waals surface area (Å²) in [5, 5.41) is 9.47. The summed E-state index contributed by atoms with van der Waals surface area (Å²) in [4.78, 5) is 24.1. The third kappa shape index (κ3) is 4.05. The first kappa shape index (κ1) is 15.5. The van der Waals surface area contributed by atoms with Crippen LogP contribution in [0.4, 0.5) is 0 Å². The van der Waals surface area contributed by atoms with Crippen molar-refractivity contribution >= 4 is 29.1 Å². The molecule has 2 rings (SSSR count). The third-order valence-corrected chi connectivity index (χ3v) is 4.56. The monoisotopic (exact) mass is 327 g/mol. The largest absolute Gasteiger partial charge is 0.481 e. The Kier molecular flexibility index (Phi) is 4.97. The molecule has 0 amide bonds. The number of carboxylic acid groups (broad SMARTS) is 1. The fourth-order valence-corrected chi connectivity index (χ4v) is 3.62. The van der Waals surface area contributed by atoms with Gasteiger partial charge in [-0.1, -0.05) is 0 Å². The maximum atomic E-state index is 10.8. The average molecular weight is 327 g/mol. The maximum Gasteiger partial charge on any atom is 0.320 e. The Morgan fingerprint density at radius 1 is 1.33 bits per heavy atom. The summed E-state index contributed by atoms with van der Waals surface area (Å²) in [6.45, 7) is 1.79. The number of ether oxygens (including phenoxy) is 2. The van der Waals surface area contributed by atoms with Crippen LogP contribution in [-0.4, -0.2) is 40.2 Å². The van der Waals surface area contributed by atoms with Gasteiger partial charge in [-0.05, 0) is 18.7 Å². The molecule has 9 heteroatoms. The second kappa shape index (κ2) is 6.72. The highest BCUT2D eigenvalue weighted by Gasteiger charge is 2.14. The highest BCUT2D eigenvalue weighted by molar-refractivity contribution is 8.01. The van der Waals surface area contributed by atoms with Crippen molar-refractivity contribution < 1.29 is 19.4 Å². The van der Waals surface area contributed by atoms with Crippen LogP contribution in [0.15, 0.2) is 15.4 Å². The van der Waals surface area contributed by atoms with Crippen LogP contribution in [0, 0.1) is 6.92 Å². The fourth-order valence-electron chi connectivity index (χ4n) is 1.47. The Morgan fingerprint density at radius 2 is 2.10 bits per heavy atom. The van der Waals surface area contributed by atoms with Gasteiger partial charge < -0.3 is 14.6 Å². The molecule has 0 atom stereocenters. The van der Waals surface area contributed by atoms with Crippen LogP contribution < -0.4 is 9.47 Å². The molecule has 0 aliphatic carbocycles. The zero-order valence-electron chi connectivity index (χ0n) is 11.6. The predicted molar refractivity (Wildman–Crippen MR) is 77.4 cm³/mol. The number of aromatic nitrogens is 3. The smallest absolute Gasteiger partial charge is 0.320 e. The lowest BCUT2D eigenvalue weighted by Gasteiger charge is -2.04. The normalized spacial score (nSPS) is 10.4. The second-order valence-electron chi connectivity index (χ2n) is 3.90. The molecule has 21 heavy (non-hydrogen) atoms. The number of carbonyl (C=O) groups is 1. The van der Waals surface area contributed by atoms with Crippen LogP contribution in [0.3, 0.4) is 0 Å². The van der Waals surface area contributed by atoms with E-state index < -0.39 is 5.97 Å². The zero-order chi connectivity index (χ0) is 15.4. The number of aryl methyl sites for hydroxylation is 1. The van der Waals surface area contributed by atoms with E-state index in [-0.39, 0.29) is 12.4 Å². The van der Waals surface area contributed by atoms with Gasteiger partial charge in [-0.25, -0.2) is 4.98 Å². The first-order valence-electron chi connectivity index (χ1n) is 5.85. The molecule has 2 heterocycles. The van der Waals surface area contributed by atoms with E-state index in [4.69, 9.17) is 14.6 Å². The molecule has 7 nitrogen and oxygen atoms in total. The van der Waals surface area contributed by atoms with E-state index in [2.05, 4.69) is 15.0 Å². The molecule has 0 saturated carbocycles. The Hall–Kier alpha value is -1.87. The summed E-state index contributed by atoms with van der Waals surface area (Å²) in [7, 11) is 2.98. The van der Waals surface area contributed by atoms with Crippen molar-refractivity contribution in [2.45, 2.75) is 22.7 Å². The first-order valence-corrected chi connectivity index (χ1v) is 7.48. The van der Waals surface area contributed by atoms with Gasteiger partial charge in [-0.3, -0.25) is 4.79 Å². The molecule has 0 saturated heterocycles. The summed E-state index contributed by atoms with van der Waals surface area (Å²) >= 11 is 2.65. The number of hydrogen-bond acceptors (Lipinski definition) is 8. The summed E-state index contributed by atoms with van der Waals surface area (Å²) in [6, 6.07) is 1.87. The van der Waals surface area contributed by atoms with Gasteiger partial charge in [0.15, 0.2) is 4.34 Å². The van der Waals surface area contributed by atoms with Gasteiger partial charge in [-0.15, -0.1) is 11.3 Å². The van der Waals surface area contributed by atoms with Gasteiger partial charge in [0.05, 0.1) is 26.3 Å². The standard InChI is InChI=1S/C12H13N3O4S2/c1-6-7(4-10(16)17)20-12(13-6)21-9-5-8(18-2)14-11(15-9)19-3/h5H,4H2,1-3H3,(H,16,17). The molecule has 0 bridgehead atoms. The molecular weight excluding hydrogens is 314 g/mol. The van der Waals surface area contributed by atoms with Gasteiger partial charge in [0.1, 0.15) is 5.03 Å². The van der Waals surface area contributed by atoms with E-state index >= 15 is 0 Å². The molecule has 0 radical (unpaired) electrons. The van der Waals surface area contributed by atoms with Crippen molar-refractivity contribution in [3.05, 3.63) is 16.6 Å². The third-order valence-electron chi connectivity index (χ3n) is 2.43. The summed E-state index contributed by atoms with van der Waals surface area (Å²) < 4.78 is 10.8. The molecule has 0 unspecified atom stereocenters. The Balaban J connectivity index is 2.23. The van der Waals surface area contributed by atoms with Gasteiger partial charge in [-0.2, -0.15) is 9.97 Å². The van der Waals surface area contributed by atoms with Crippen molar-refractivity contribution in [3.8, 4) is 11.9 Å². The van der Waals surface area contributed by atoms with Crippen LogP contribution in [-0.2, 0) is 11.2 Å². The molecule has 0 aromatic carbocycles. The van der Waals surface area contributed by atoms with E-state index in [9.17, 15) is 4.79 Å². The second-order valence-corrected chi connectivity index (χ2v) is 6.25. The Bertz CT molecular complexity index is 638. The lowest BCUT2D eigenvalue weighted by molar-refractivity contribution is -0.136. The summed E-state index contributed by atoms with van der Waals surface area (Å²) in [5.74, 6) is -0.480. The molecule has 2 aromatic rings. The highest BCUT2D eigenvalue weighted by atomic mass is 32.2. The van der Waals surface area contributed by atoms with Crippen LogP contribution in [0.25, 0.3) is 0 Å². The average Bonchev–Trinajstić information content (AvgIpc) is 2.77. The maximum absolute atomic E-state index is 10.8. The van der Waals surface area contributed by atoms with Crippen LogP contribution in [0.1, 0.15) is 10.6 Å². The number of hydrogen-bond donors (Lipinski definition) is 1. The Labute approximate surface area is 129 Å². The molecule has 112 valence electrons. The zero-order valence-corrected chi connectivity index (χ0v) is 13.2. The van der Waals surface area contributed by atoms with Crippen LogP contribution in [0.5, 0.6) is 11.9 Å². The minimum Gasteiger partial charge on any atom is -0.481 e. The van der Waals surface area contributed by atoms with Crippen molar-refractivity contribution in [3.63, 3.8) is 0 Å². The van der Waals surface area contributed by atoms with Crippen molar-refractivity contribution in [2.24, 2.45) is 0 Å². The van der Waals surface area contributed by atoms with Gasteiger partial charge in [0.25, 0.3) is 0 Å². The van der Waals surface area contributed by atoms with Crippen LogP contribution in [0.2, 0.25) is 0 Å². The van der Waals surface area contributed by atoms with E-state index in [1.54, 1.807) is 13.0 Å². The molecule has 0 aliphatic heterocycles. The van der Waals surface area contributed by atoms with Gasteiger partial charge in [0.2, 0.25) is 5.88 Å². The van der Waals surface area contributed by atoms with Crippen molar-refractivity contribution in [2.75, 3.05) is 14.2 Å². The Morgan fingerprint density at radius 3 is 2.71 bits per heavy atom. The van der Waals surface area contributed by atoms with E-state index in [1.807, 2.05) is 0 Å². The molecule has 1 N–H and O–H groups in total. The topological polar surface area (TPSA) is 94.4 Å². The fraction of sp³-hybridized carbons (Fsp3) is 0.333. The van der Waals surface area contributed by atoms with Crippen LogP contribution >= 0.6 is 23.1 Å². The molecule has 0 aliphatic rings. The summed E-state index contributed by atoms with van der Waals surface area (Å²) in [5.41, 5.74) is 0.720. The minimum atomic E-state index is -0.872. The molecular formula is C12H13N3O4S2. The molecule has 0 spiro atoms. The van der Waals surface area contributed by atoms with Crippen molar-refractivity contribution in [1.29, 1.82) is 0 Å². The number of thiazole rings is 1. The number of carboxylic acids is 1. The summed E-state index contributed by atoms with van der Waals surface area (Å²) in [6.07, 6.45) is -0.0273. The van der Waals surface area contributed by atoms with Gasteiger partial charge in [0, 0.05) is 10.9 Å². The van der Waals surface area contributed by atoms with E-state index in [0.717, 1.165) is 10.6 Å². The number of aliphatic carboxylic acids is 1. The van der Waals surface area contributed by atoms with Crippen molar-refractivity contribution in [1.82, 2.24) is 15.0 Å². The number of nitrogens with zero attached hydrogens (tertiary/aromatic N) is 3. The quantitative estimate of drug-likeness (QED) is 0.805. The predicted octanol–water partition coefficient (Wildman–Crippen LogP) is 2.04. The van der Waals surface area contributed by atoms with Gasteiger partial charge >= 0.3 is 12.0 Å². The van der Waals surface area contributed by atoms with E-state index in [0.29, 0.717) is 15.2 Å². The van der Waals surface area contributed by atoms with E-state index in [1.165, 1.54) is 37.3 Å². The minimum absolute atomic E-state index is 0.0273. The lowest BCUT2D eigenvalue weighted by Crippen LogP contribution is -1.99. The molecule has 0 fully saturated rings. The lowest BCUT2D eigenvalue weighted by atomic mass is 10.3. The number of rotatable bonds is 6. The molecule has 2 aromatic heterocycles. The SMILES string of the molecule is COc1cc(Sc2nc(C)c(CC(=O)O)s2)nc(OC)n1. The highest BCUT2D eigenvalue weighted by Crippen LogP contribution is 2.33. The number of methoxy groups -OCH3 is 2. The first-order chi connectivity index (χ1) is 10.0.